The van der Waals surface area contributed by atoms with Gasteiger partial charge >= 0.3 is 0 Å². The first kappa shape index (κ1) is 14.0. The van der Waals surface area contributed by atoms with Crippen molar-refractivity contribution in [3.05, 3.63) is 69.2 Å². The van der Waals surface area contributed by atoms with E-state index < -0.39 is 17.7 Å². The van der Waals surface area contributed by atoms with Crippen LogP contribution in [-0.4, -0.2) is 0 Å². The monoisotopic (exact) mass is 281 g/mol. The Hall–Kier alpha value is -1.45. The number of aryl methyl sites for hydroxylation is 2. The summed E-state index contributed by atoms with van der Waals surface area (Å²) >= 11 is 6.10. The van der Waals surface area contributed by atoms with Gasteiger partial charge in [0.25, 0.3) is 0 Å². The third-order valence-corrected chi connectivity index (χ3v) is 3.43. The van der Waals surface area contributed by atoms with Crippen molar-refractivity contribution in [1.29, 1.82) is 0 Å². The lowest BCUT2D eigenvalue weighted by atomic mass is 9.97. The number of nitrogens with two attached hydrogens (primary N) is 1. The quantitative estimate of drug-likeness (QED) is 0.873. The second-order valence-corrected chi connectivity index (χ2v) is 5.03. The molecule has 0 bridgehead atoms. The van der Waals surface area contributed by atoms with Gasteiger partial charge in [-0.3, -0.25) is 0 Å². The fraction of sp³-hybridized carbons (Fsp3) is 0.200. The van der Waals surface area contributed by atoms with E-state index >= 15 is 0 Å². The Morgan fingerprint density at radius 2 is 1.68 bits per heavy atom. The molecule has 0 amide bonds. The van der Waals surface area contributed by atoms with Gasteiger partial charge in [-0.15, -0.1) is 0 Å². The van der Waals surface area contributed by atoms with Crippen LogP contribution in [0.1, 0.15) is 28.3 Å². The summed E-state index contributed by atoms with van der Waals surface area (Å²) in [5.74, 6) is -1.00. The molecule has 4 heteroatoms. The Balaban J connectivity index is 2.49. The predicted molar refractivity (Wildman–Crippen MR) is 73.3 cm³/mol. The van der Waals surface area contributed by atoms with Gasteiger partial charge in [0, 0.05) is 10.6 Å². The Labute approximate surface area is 116 Å². The van der Waals surface area contributed by atoms with Crippen LogP contribution in [0.25, 0.3) is 0 Å². The fourth-order valence-corrected chi connectivity index (χ4v) is 2.30. The van der Waals surface area contributed by atoms with E-state index in [0.717, 1.165) is 17.7 Å². The molecular weight excluding hydrogens is 268 g/mol. The van der Waals surface area contributed by atoms with Crippen molar-refractivity contribution < 1.29 is 8.78 Å². The maximum Gasteiger partial charge on any atom is 0.128 e. The zero-order chi connectivity index (χ0) is 14.2. The van der Waals surface area contributed by atoms with E-state index in [1.165, 1.54) is 6.92 Å². The third kappa shape index (κ3) is 2.77. The molecule has 0 radical (unpaired) electrons. The number of benzene rings is 2. The molecule has 100 valence electrons. The first-order valence-electron chi connectivity index (χ1n) is 5.87. The van der Waals surface area contributed by atoms with E-state index in [4.69, 9.17) is 17.3 Å². The molecule has 2 rings (SSSR count). The van der Waals surface area contributed by atoms with Crippen LogP contribution >= 0.6 is 11.6 Å². The van der Waals surface area contributed by atoms with Crippen LogP contribution in [0.4, 0.5) is 8.78 Å². The molecule has 2 aromatic rings. The van der Waals surface area contributed by atoms with Gasteiger partial charge in [-0.1, -0.05) is 23.7 Å². The second kappa shape index (κ2) is 5.27. The number of hydrogen-bond acceptors (Lipinski definition) is 1. The summed E-state index contributed by atoms with van der Waals surface area (Å²) in [6.07, 6.45) is 0. The van der Waals surface area contributed by atoms with Crippen LogP contribution in [0.5, 0.6) is 0 Å². The van der Waals surface area contributed by atoms with Crippen molar-refractivity contribution in [1.82, 2.24) is 0 Å². The highest BCUT2D eigenvalue weighted by molar-refractivity contribution is 6.31. The first-order chi connectivity index (χ1) is 8.90. The molecular formula is C15H14ClF2N. The van der Waals surface area contributed by atoms with Gasteiger partial charge in [-0.05, 0) is 48.7 Å². The lowest BCUT2D eigenvalue weighted by molar-refractivity contribution is 0.570. The van der Waals surface area contributed by atoms with Crippen LogP contribution in [0.15, 0.2) is 30.3 Å². The minimum Gasteiger partial charge on any atom is -0.320 e. The van der Waals surface area contributed by atoms with Gasteiger partial charge in [0.05, 0.1) is 6.04 Å². The Kier molecular flexibility index (Phi) is 3.88. The van der Waals surface area contributed by atoms with Crippen LogP contribution in [0.3, 0.4) is 0 Å². The average molecular weight is 282 g/mol. The molecule has 2 aromatic carbocycles. The van der Waals surface area contributed by atoms with E-state index in [2.05, 4.69) is 0 Å². The smallest absolute Gasteiger partial charge is 0.128 e. The van der Waals surface area contributed by atoms with E-state index in [1.807, 2.05) is 13.0 Å². The lowest BCUT2D eigenvalue weighted by Gasteiger charge is -2.16. The number of halogens is 3. The van der Waals surface area contributed by atoms with E-state index in [-0.39, 0.29) is 11.1 Å². The lowest BCUT2D eigenvalue weighted by Crippen LogP contribution is -2.15. The highest BCUT2D eigenvalue weighted by Crippen LogP contribution is 2.29. The normalized spacial score (nSPS) is 12.5. The van der Waals surface area contributed by atoms with E-state index in [9.17, 15) is 8.78 Å². The van der Waals surface area contributed by atoms with Crippen molar-refractivity contribution in [2.45, 2.75) is 19.9 Å². The summed E-state index contributed by atoms with van der Waals surface area (Å²) in [7, 11) is 0. The predicted octanol–water partition coefficient (Wildman–Crippen LogP) is 4.28. The molecule has 0 heterocycles. The molecule has 2 N–H and O–H groups in total. The molecule has 0 aliphatic rings. The standard InChI is InChI=1S/C15H14ClF2N/c1-8-3-4-10(12(16)5-8)15(19)11-7-13(17)9(2)6-14(11)18/h3-7,15H,19H2,1-2H3. The summed E-state index contributed by atoms with van der Waals surface area (Å²) in [5, 5.41) is 0.452. The van der Waals surface area contributed by atoms with Gasteiger partial charge in [0.1, 0.15) is 11.6 Å². The van der Waals surface area contributed by atoms with Crippen LogP contribution < -0.4 is 5.73 Å². The SMILES string of the molecule is Cc1ccc(C(N)c2cc(F)c(C)cc2F)c(Cl)c1. The molecule has 1 nitrogen and oxygen atoms in total. The van der Waals surface area contributed by atoms with Crippen molar-refractivity contribution in [3.63, 3.8) is 0 Å². The van der Waals surface area contributed by atoms with Gasteiger partial charge in [0.15, 0.2) is 0 Å². The summed E-state index contributed by atoms with van der Waals surface area (Å²) in [6, 6.07) is 6.81. The van der Waals surface area contributed by atoms with Crippen molar-refractivity contribution in [2.24, 2.45) is 5.73 Å². The molecule has 1 unspecified atom stereocenters. The Bertz CT molecular complexity index is 626. The molecule has 0 aliphatic carbocycles. The highest BCUT2D eigenvalue weighted by atomic mass is 35.5. The zero-order valence-electron chi connectivity index (χ0n) is 10.7. The number of rotatable bonds is 2. The Morgan fingerprint density at radius 1 is 1.00 bits per heavy atom. The first-order valence-corrected chi connectivity index (χ1v) is 6.25. The maximum absolute atomic E-state index is 13.9. The van der Waals surface area contributed by atoms with Gasteiger partial charge in [-0.25, -0.2) is 8.78 Å². The van der Waals surface area contributed by atoms with E-state index in [1.54, 1.807) is 12.1 Å². The molecule has 0 fully saturated rings. The minimum absolute atomic E-state index is 0.105. The molecule has 0 spiro atoms. The summed E-state index contributed by atoms with van der Waals surface area (Å²) in [5.41, 5.74) is 7.92. The number of hydrogen-bond donors (Lipinski definition) is 1. The summed E-state index contributed by atoms with van der Waals surface area (Å²) in [4.78, 5) is 0. The van der Waals surface area contributed by atoms with Gasteiger partial charge in [-0.2, -0.15) is 0 Å². The Morgan fingerprint density at radius 3 is 2.32 bits per heavy atom. The van der Waals surface area contributed by atoms with Crippen LogP contribution in [-0.2, 0) is 0 Å². The molecule has 0 saturated carbocycles. The van der Waals surface area contributed by atoms with Crippen molar-refractivity contribution >= 4 is 11.6 Å². The average Bonchev–Trinajstić information content (AvgIpc) is 2.33. The molecule has 0 saturated heterocycles. The van der Waals surface area contributed by atoms with Crippen LogP contribution in [0, 0.1) is 25.5 Å². The minimum atomic E-state index is -0.789. The van der Waals surface area contributed by atoms with Crippen molar-refractivity contribution in [3.8, 4) is 0 Å². The fourth-order valence-electron chi connectivity index (χ4n) is 1.95. The molecule has 0 aromatic heterocycles. The second-order valence-electron chi connectivity index (χ2n) is 4.63. The zero-order valence-corrected chi connectivity index (χ0v) is 11.4. The van der Waals surface area contributed by atoms with Gasteiger partial charge in [0.2, 0.25) is 0 Å². The van der Waals surface area contributed by atoms with E-state index in [0.29, 0.717) is 10.6 Å². The van der Waals surface area contributed by atoms with Crippen molar-refractivity contribution in [2.75, 3.05) is 0 Å². The maximum atomic E-state index is 13.9. The summed E-state index contributed by atoms with van der Waals surface area (Å²) < 4.78 is 27.4. The molecule has 0 aliphatic heterocycles. The topological polar surface area (TPSA) is 26.0 Å². The third-order valence-electron chi connectivity index (χ3n) is 3.10. The highest BCUT2D eigenvalue weighted by Gasteiger charge is 2.18. The summed E-state index contributed by atoms with van der Waals surface area (Å²) in [6.45, 7) is 3.40. The van der Waals surface area contributed by atoms with Crippen LogP contribution in [0.2, 0.25) is 5.02 Å². The van der Waals surface area contributed by atoms with Gasteiger partial charge < -0.3 is 5.73 Å². The largest absolute Gasteiger partial charge is 0.320 e. The molecule has 1 atom stereocenters. The molecule has 19 heavy (non-hydrogen) atoms.